The lowest BCUT2D eigenvalue weighted by molar-refractivity contribution is 0.0702. The molecule has 0 atom stereocenters. The third-order valence-corrected chi connectivity index (χ3v) is 4.43. The van der Waals surface area contributed by atoms with E-state index in [4.69, 9.17) is 21.4 Å². The monoisotopic (exact) mass is 322 g/mol. The summed E-state index contributed by atoms with van der Waals surface area (Å²) in [4.78, 5) is 12.2. The summed E-state index contributed by atoms with van der Waals surface area (Å²) in [6.07, 6.45) is 0. The van der Waals surface area contributed by atoms with E-state index in [0.29, 0.717) is 23.0 Å². The summed E-state index contributed by atoms with van der Waals surface area (Å²) in [5.41, 5.74) is 1.40. The number of para-hydroxylation sites is 1. The number of thiophene rings is 1. The van der Waals surface area contributed by atoms with Gasteiger partial charge in [0.15, 0.2) is 0 Å². The zero-order valence-electron chi connectivity index (χ0n) is 11.0. The Labute approximate surface area is 129 Å². The highest BCUT2D eigenvalue weighted by Gasteiger charge is 2.19. The molecule has 3 rings (SSSR count). The number of hydrogen-bond acceptors (Lipinski definition) is 4. The second-order valence-corrected chi connectivity index (χ2v) is 5.82. The van der Waals surface area contributed by atoms with E-state index < -0.39 is 5.97 Å². The molecule has 0 bridgehead atoms. The summed E-state index contributed by atoms with van der Waals surface area (Å²) >= 11 is 7.38. The molecule has 0 spiro atoms. The van der Waals surface area contributed by atoms with Crippen molar-refractivity contribution in [1.29, 1.82) is 0 Å². The number of carboxylic acids is 1. The van der Waals surface area contributed by atoms with Crippen LogP contribution in [0.15, 0.2) is 30.3 Å². The van der Waals surface area contributed by atoms with E-state index >= 15 is 0 Å². The molecule has 7 heteroatoms. The predicted octanol–water partition coefficient (Wildman–Crippen LogP) is 3.59. The third kappa shape index (κ3) is 2.42. The maximum Gasteiger partial charge on any atom is 0.345 e. The van der Waals surface area contributed by atoms with Gasteiger partial charge in [-0.15, -0.1) is 11.3 Å². The highest BCUT2D eigenvalue weighted by Crippen LogP contribution is 2.32. The fourth-order valence-corrected chi connectivity index (χ4v) is 3.30. The molecule has 0 radical (unpaired) electrons. The number of nitrogens with zero attached hydrogens (tertiary/aromatic N) is 2. The van der Waals surface area contributed by atoms with Gasteiger partial charge in [-0.25, -0.2) is 9.48 Å². The minimum absolute atomic E-state index is 0.264. The van der Waals surface area contributed by atoms with E-state index in [1.54, 1.807) is 23.9 Å². The van der Waals surface area contributed by atoms with Gasteiger partial charge in [0.1, 0.15) is 9.71 Å². The first-order chi connectivity index (χ1) is 10.1. The van der Waals surface area contributed by atoms with E-state index in [-0.39, 0.29) is 4.88 Å². The van der Waals surface area contributed by atoms with Crippen LogP contribution in [0.5, 0.6) is 0 Å². The standard InChI is InChI=1S/C14H11ClN2O3S/c1-20-7-10-8-6-12(14(18)19)21-13(8)17(16-10)11-5-3-2-4-9(11)15/h2-6H,7H2,1H3,(H,18,19). The number of benzene rings is 1. The molecule has 108 valence electrons. The van der Waals surface area contributed by atoms with Crippen LogP contribution in [0.25, 0.3) is 15.9 Å². The molecule has 0 aliphatic heterocycles. The van der Waals surface area contributed by atoms with Gasteiger partial charge < -0.3 is 9.84 Å². The van der Waals surface area contributed by atoms with Crippen molar-refractivity contribution < 1.29 is 14.6 Å². The van der Waals surface area contributed by atoms with Crippen LogP contribution in [0.2, 0.25) is 5.02 Å². The fourth-order valence-electron chi connectivity index (χ4n) is 2.10. The lowest BCUT2D eigenvalue weighted by atomic mass is 10.3. The smallest absolute Gasteiger partial charge is 0.345 e. The number of aromatic carboxylic acids is 1. The number of aromatic nitrogens is 2. The first-order valence-corrected chi connectivity index (χ1v) is 7.30. The number of carboxylic acid groups (broad SMARTS) is 1. The van der Waals surface area contributed by atoms with Crippen LogP contribution in [0.4, 0.5) is 0 Å². The molecule has 0 amide bonds. The van der Waals surface area contributed by atoms with Crippen LogP contribution >= 0.6 is 22.9 Å². The van der Waals surface area contributed by atoms with Crippen molar-refractivity contribution in [3.05, 3.63) is 45.9 Å². The van der Waals surface area contributed by atoms with Crippen LogP contribution in [0, 0.1) is 0 Å². The van der Waals surface area contributed by atoms with Gasteiger partial charge in [-0.3, -0.25) is 0 Å². The molecule has 5 nitrogen and oxygen atoms in total. The van der Waals surface area contributed by atoms with E-state index in [9.17, 15) is 4.79 Å². The number of fused-ring (bicyclic) bond motifs is 1. The van der Waals surface area contributed by atoms with Gasteiger partial charge >= 0.3 is 5.97 Å². The number of carbonyl (C=O) groups is 1. The van der Waals surface area contributed by atoms with E-state index in [0.717, 1.165) is 10.2 Å². The summed E-state index contributed by atoms with van der Waals surface area (Å²) in [6.45, 7) is 0.309. The number of methoxy groups -OCH3 is 1. The van der Waals surface area contributed by atoms with Gasteiger partial charge in [0, 0.05) is 12.5 Å². The third-order valence-electron chi connectivity index (χ3n) is 3.01. The molecule has 0 saturated carbocycles. The van der Waals surface area contributed by atoms with Crippen molar-refractivity contribution >= 4 is 39.1 Å². The second-order valence-electron chi connectivity index (χ2n) is 4.38. The second kappa shape index (κ2) is 5.48. The van der Waals surface area contributed by atoms with Gasteiger partial charge in [-0.1, -0.05) is 23.7 Å². The molecule has 0 saturated heterocycles. The number of hydrogen-bond donors (Lipinski definition) is 1. The predicted molar refractivity (Wildman–Crippen MR) is 81.6 cm³/mol. The van der Waals surface area contributed by atoms with Gasteiger partial charge in [0.2, 0.25) is 0 Å². The molecule has 0 unspecified atom stereocenters. The van der Waals surface area contributed by atoms with E-state index in [1.807, 2.05) is 18.2 Å². The summed E-state index contributed by atoms with van der Waals surface area (Å²) < 4.78 is 6.80. The minimum Gasteiger partial charge on any atom is -0.477 e. The first-order valence-electron chi connectivity index (χ1n) is 6.10. The van der Waals surface area contributed by atoms with Gasteiger partial charge in [0.05, 0.1) is 23.0 Å². The van der Waals surface area contributed by atoms with E-state index in [1.165, 1.54) is 11.3 Å². The number of rotatable bonds is 4. The maximum atomic E-state index is 11.2. The average Bonchev–Trinajstić information content (AvgIpc) is 3.01. The molecule has 0 aliphatic carbocycles. The Morgan fingerprint density at radius 3 is 2.90 bits per heavy atom. The van der Waals surface area contributed by atoms with Gasteiger partial charge in [-0.2, -0.15) is 5.10 Å². The van der Waals surface area contributed by atoms with Crippen LogP contribution in [-0.4, -0.2) is 28.0 Å². The normalized spacial score (nSPS) is 11.1. The summed E-state index contributed by atoms with van der Waals surface area (Å²) in [5.74, 6) is -0.953. The Morgan fingerprint density at radius 1 is 1.48 bits per heavy atom. The van der Waals surface area contributed by atoms with Gasteiger partial charge in [-0.05, 0) is 18.2 Å². The highest BCUT2D eigenvalue weighted by molar-refractivity contribution is 7.20. The van der Waals surface area contributed by atoms with Gasteiger partial charge in [0.25, 0.3) is 0 Å². The quantitative estimate of drug-likeness (QED) is 0.797. The van der Waals surface area contributed by atoms with Crippen molar-refractivity contribution in [3.8, 4) is 5.69 Å². The van der Waals surface area contributed by atoms with Crippen molar-refractivity contribution in [2.45, 2.75) is 6.61 Å². The molecule has 3 aromatic rings. The largest absolute Gasteiger partial charge is 0.477 e. The topological polar surface area (TPSA) is 64.4 Å². The molecular formula is C14H11ClN2O3S. The summed E-state index contributed by atoms with van der Waals surface area (Å²) in [5, 5.41) is 15.0. The Balaban J connectivity index is 2.27. The van der Waals surface area contributed by atoms with Crippen LogP contribution in [0.1, 0.15) is 15.4 Å². The van der Waals surface area contributed by atoms with Crippen molar-refractivity contribution in [3.63, 3.8) is 0 Å². The Hall–Kier alpha value is -1.89. The first kappa shape index (κ1) is 14.1. The molecule has 2 heterocycles. The van der Waals surface area contributed by atoms with Crippen LogP contribution < -0.4 is 0 Å². The molecule has 0 aliphatic rings. The SMILES string of the molecule is COCc1nn(-c2ccccc2Cl)c2sc(C(=O)O)cc12. The lowest BCUT2D eigenvalue weighted by Crippen LogP contribution is -1.99. The van der Waals surface area contributed by atoms with Crippen molar-refractivity contribution in [1.82, 2.24) is 9.78 Å². The van der Waals surface area contributed by atoms with Crippen LogP contribution in [-0.2, 0) is 11.3 Å². The molecule has 0 fully saturated rings. The van der Waals surface area contributed by atoms with Crippen LogP contribution in [0.3, 0.4) is 0 Å². The van der Waals surface area contributed by atoms with Crippen molar-refractivity contribution in [2.24, 2.45) is 0 Å². The minimum atomic E-state index is -0.953. The molecule has 2 aromatic heterocycles. The zero-order valence-corrected chi connectivity index (χ0v) is 12.6. The zero-order chi connectivity index (χ0) is 15.0. The lowest BCUT2D eigenvalue weighted by Gasteiger charge is -2.04. The molecule has 21 heavy (non-hydrogen) atoms. The van der Waals surface area contributed by atoms with Crippen molar-refractivity contribution in [2.75, 3.05) is 7.11 Å². The molecular weight excluding hydrogens is 312 g/mol. The highest BCUT2D eigenvalue weighted by atomic mass is 35.5. The maximum absolute atomic E-state index is 11.2. The fraction of sp³-hybridized carbons (Fsp3) is 0.143. The molecule has 1 N–H and O–H groups in total. The molecule has 1 aromatic carbocycles. The number of ether oxygens (including phenoxy) is 1. The average molecular weight is 323 g/mol. The Bertz CT molecular complexity index is 825. The summed E-state index contributed by atoms with van der Waals surface area (Å²) in [7, 11) is 1.57. The Kier molecular flexibility index (Phi) is 3.67. The summed E-state index contributed by atoms with van der Waals surface area (Å²) in [6, 6.07) is 8.92. The number of halogens is 1. The Morgan fingerprint density at radius 2 is 2.24 bits per heavy atom. The van der Waals surface area contributed by atoms with E-state index in [2.05, 4.69) is 5.10 Å².